The Kier molecular flexibility index (Phi) is 6.29. The molecule has 3 nitrogen and oxygen atoms in total. The summed E-state index contributed by atoms with van der Waals surface area (Å²) in [7, 11) is 0. The van der Waals surface area contributed by atoms with Crippen molar-refractivity contribution in [2.75, 3.05) is 26.2 Å². The van der Waals surface area contributed by atoms with E-state index in [9.17, 15) is 5.11 Å². The van der Waals surface area contributed by atoms with Gasteiger partial charge in [-0.2, -0.15) is 0 Å². The average molecular weight is 188 g/mol. The molecule has 0 unspecified atom stereocenters. The van der Waals surface area contributed by atoms with Gasteiger partial charge in [0.05, 0.1) is 5.60 Å². The Morgan fingerprint density at radius 1 is 1.23 bits per heavy atom. The fourth-order valence-electron chi connectivity index (χ4n) is 1.27. The number of aliphatic hydroxyl groups is 1. The van der Waals surface area contributed by atoms with Gasteiger partial charge in [-0.3, -0.25) is 0 Å². The van der Waals surface area contributed by atoms with Crippen LogP contribution in [0.25, 0.3) is 0 Å². The van der Waals surface area contributed by atoms with Gasteiger partial charge in [0.1, 0.15) is 0 Å². The van der Waals surface area contributed by atoms with E-state index < -0.39 is 5.60 Å². The van der Waals surface area contributed by atoms with Crippen LogP contribution in [0.4, 0.5) is 0 Å². The van der Waals surface area contributed by atoms with Crippen LogP contribution in [0.1, 0.15) is 33.6 Å². The van der Waals surface area contributed by atoms with Crippen molar-refractivity contribution in [1.29, 1.82) is 0 Å². The van der Waals surface area contributed by atoms with Gasteiger partial charge in [-0.25, -0.2) is 0 Å². The minimum Gasteiger partial charge on any atom is -0.390 e. The molecule has 0 atom stereocenters. The highest BCUT2D eigenvalue weighted by atomic mass is 16.3. The van der Waals surface area contributed by atoms with Gasteiger partial charge in [-0.05, 0) is 33.2 Å². The summed E-state index contributed by atoms with van der Waals surface area (Å²) < 4.78 is 0. The Morgan fingerprint density at radius 3 is 2.23 bits per heavy atom. The molecule has 0 spiro atoms. The first-order valence-corrected chi connectivity index (χ1v) is 5.14. The standard InChI is InChI=1S/C10H24N2O/c1-4-7-12(9-6-11)8-5-10(2,3)13/h13H,4-9,11H2,1-3H3. The van der Waals surface area contributed by atoms with E-state index in [1.54, 1.807) is 0 Å². The highest BCUT2D eigenvalue weighted by molar-refractivity contribution is 4.68. The minimum absolute atomic E-state index is 0.555. The molecule has 0 heterocycles. The summed E-state index contributed by atoms with van der Waals surface area (Å²) in [5.41, 5.74) is 4.94. The molecule has 0 aromatic heterocycles. The lowest BCUT2D eigenvalue weighted by molar-refractivity contribution is 0.0580. The maximum Gasteiger partial charge on any atom is 0.0603 e. The van der Waals surface area contributed by atoms with Crippen molar-refractivity contribution in [1.82, 2.24) is 4.90 Å². The molecule has 0 amide bonds. The summed E-state index contributed by atoms with van der Waals surface area (Å²) in [6.07, 6.45) is 1.96. The second kappa shape index (κ2) is 6.35. The topological polar surface area (TPSA) is 49.5 Å². The molecule has 3 N–H and O–H groups in total. The van der Waals surface area contributed by atoms with Crippen LogP contribution < -0.4 is 5.73 Å². The molecule has 0 fully saturated rings. The first kappa shape index (κ1) is 12.9. The molecule has 0 bridgehead atoms. The van der Waals surface area contributed by atoms with Crippen LogP contribution in [-0.2, 0) is 0 Å². The molecule has 0 aliphatic heterocycles. The lowest BCUT2D eigenvalue weighted by atomic mass is 10.1. The Hall–Kier alpha value is -0.120. The molecule has 0 saturated carbocycles. The molecule has 0 radical (unpaired) electrons. The molecular formula is C10H24N2O. The molecule has 0 aliphatic rings. The minimum atomic E-state index is -0.555. The monoisotopic (exact) mass is 188 g/mol. The van der Waals surface area contributed by atoms with E-state index in [0.29, 0.717) is 6.54 Å². The third-order valence-corrected chi connectivity index (χ3v) is 2.02. The van der Waals surface area contributed by atoms with Crippen molar-refractivity contribution >= 4 is 0 Å². The highest BCUT2D eigenvalue weighted by Gasteiger charge is 2.14. The zero-order valence-corrected chi connectivity index (χ0v) is 9.21. The number of hydrogen-bond acceptors (Lipinski definition) is 3. The summed E-state index contributed by atoms with van der Waals surface area (Å²) in [5.74, 6) is 0. The number of rotatable bonds is 7. The van der Waals surface area contributed by atoms with Crippen LogP contribution in [-0.4, -0.2) is 41.8 Å². The van der Waals surface area contributed by atoms with Crippen molar-refractivity contribution in [2.45, 2.75) is 39.2 Å². The SMILES string of the molecule is CCCN(CCN)CCC(C)(C)O. The van der Waals surface area contributed by atoms with E-state index in [4.69, 9.17) is 5.73 Å². The summed E-state index contributed by atoms with van der Waals surface area (Å²) in [4.78, 5) is 2.30. The predicted molar refractivity (Wildman–Crippen MR) is 56.7 cm³/mol. The van der Waals surface area contributed by atoms with Crippen molar-refractivity contribution in [3.8, 4) is 0 Å². The van der Waals surface area contributed by atoms with Crippen LogP contribution in [0.3, 0.4) is 0 Å². The summed E-state index contributed by atoms with van der Waals surface area (Å²) >= 11 is 0. The van der Waals surface area contributed by atoms with Crippen molar-refractivity contribution in [3.05, 3.63) is 0 Å². The average Bonchev–Trinajstić information content (AvgIpc) is 2.00. The summed E-state index contributed by atoms with van der Waals surface area (Å²) in [5, 5.41) is 9.55. The lowest BCUT2D eigenvalue weighted by Crippen LogP contribution is -2.34. The van der Waals surface area contributed by atoms with Gasteiger partial charge in [0.25, 0.3) is 0 Å². The van der Waals surface area contributed by atoms with Crippen molar-refractivity contribution in [3.63, 3.8) is 0 Å². The number of nitrogens with zero attached hydrogens (tertiary/aromatic N) is 1. The molecule has 0 aromatic rings. The third kappa shape index (κ3) is 8.22. The van der Waals surface area contributed by atoms with Crippen LogP contribution in [0.5, 0.6) is 0 Å². The Balaban J connectivity index is 3.68. The number of nitrogens with two attached hydrogens (primary N) is 1. The van der Waals surface area contributed by atoms with Gasteiger partial charge < -0.3 is 15.7 Å². The van der Waals surface area contributed by atoms with Crippen LogP contribution in [0, 0.1) is 0 Å². The van der Waals surface area contributed by atoms with Crippen molar-refractivity contribution in [2.24, 2.45) is 5.73 Å². The zero-order valence-electron chi connectivity index (χ0n) is 9.21. The molecule has 13 heavy (non-hydrogen) atoms. The van der Waals surface area contributed by atoms with E-state index in [-0.39, 0.29) is 0 Å². The molecule has 0 aromatic carbocycles. The van der Waals surface area contributed by atoms with Crippen LogP contribution >= 0.6 is 0 Å². The first-order chi connectivity index (χ1) is 5.99. The van der Waals surface area contributed by atoms with Gasteiger partial charge in [0.2, 0.25) is 0 Å². The van der Waals surface area contributed by atoms with Gasteiger partial charge in [-0.1, -0.05) is 6.92 Å². The van der Waals surface area contributed by atoms with Gasteiger partial charge in [0, 0.05) is 19.6 Å². The number of hydrogen-bond donors (Lipinski definition) is 2. The molecular weight excluding hydrogens is 164 g/mol. The molecule has 0 rings (SSSR count). The van der Waals surface area contributed by atoms with E-state index in [1.165, 1.54) is 0 Å². The first-order valence-electron chi connectivity index (χ1n) is 5.14. The second-order valence-electron chi connectivity index (χ2n) is 4.19. The summed E-state index contributed by atoms with van der Waals surface area (Å²) in [6.45, 7) is 9.50. The van der Waals surface area contributed by atoms with E-state index >= 15 is 0 Å². The Morgan fingerprint density at radius 2 is 1.85 bits per heavy atom. The van der Waals surface area contributed by atoms with Gasteiger partial charge in [0.15, 0.2) is 0 Å². The normalized spacial score (nSPS) is 12.5. The fraction of sp³-hybridized carbons (Fsp3) is 1.00. The van der Waals surface area contributed by atoms with Gasteiger partial charge >= 0.3 is 0 Å². The third-order valence-electron chi connectivity index (χ3n) is 2.02. The quantitative estimate of drug-likeness (QED) is 0.622. The van der Waals surface area contributed by atoms with E-state index in [0.717, 1.165) is 32.5 Å². The fourth-order valence-corrected chi connectivity index (χ4v) is 1.27. The predicted octanol–water partition coefficient (Wildman–Crippen LogP) is 0.818. The van der Waals surface area contributed by atoms with Crippen LogP contribution in [0.15, 0.2) is 0 Å². The molecule has 80 valence electrons. The largest absolute Gasteiger partial charge is 0.390 e. The lowest BCUT2D eigenvalue weighted by Gasteiger charge is -2.25. The van der Waals surface area contributed by atoms with Crippen molar-refractivity contribution < 1.29 is 5.11 Å². The molecule has 3 heteroatoms. The smallest absolute Gasteiger partial charge is 0.0603 e. The zero-order chi connectivity index (χ0) is 10.3. The Bertz CT molecular complexity index is 115. The highest BCUT2D eigenvalue weighted by Crippen LogP contribution is 2.08. The molecule has 0 aliphatic carbocycles. The maximum absolute atomic E-state index is 9.55. The van der Waals surface area contributed by atoms with Gasteiger partial charge in [-0.15, -0.1) is 0 Å². The maximum atomic E-state index is 9.55. The summed E-state index contributed by atoms with van der Waals surface area (Å²) in [6, 6.07) is 0. The second-order valence-corrected chi connectivity index (χ2v) is 4.19. The molecule has 0 saturated heterocycles. The van der Waals surface area contributed by atoms with Crippen LogP contribution in [0.2, 0.25) is 0 Å². The Labute approximate surface area is 81.9 Å². The van der Waals surface area contributed by atoms with E-state index in [2.05, 4.69) is 11.8 Å². The van der Waals surface area contributed by atoms with E-state index in [1.807, 2.05) is 13.8 Å².